The summed E-state index contributed by atoms with van der Waals surface area (Å²) in [7, 11) is 0. The SMILES string of the molecule is Cc1nc([C@H](C)N)n(-c2cc(C(F)F)ncn2)n1.Cl. The number of alkyl halides is 2. The number of hydrogen-bond donors (Lipinski definition) is 1. The fraction of sp³-hybridized carbons (Fsp3) is 0.400. The van der Waals surface area contributed by atoms with Crippen LogP contribution in [0.4, 0.5) is 8.78 Å². The Kier molecular flexibility index (Phi) is 4.84. The van der Waals surface area contributed by atoms with Gasteiger partial charge in [0.15, 0.2) is 11.6 Å². The van der Waals surface area contributed by atoms with Gasteiger partial charge in [0.2, 0.25) is 0 Å². The van der Waals surface area contributed by atoms with E-state index >= 15 is 0 Å². The summed E-state index contributed by atoms with van der Waals surface area (Å²) < 4.78 is 26.5. The van der Waals surface area contributed by atoms with E-state index in [-0.39, 0.29) is 30.0 Å². The Morgan fingerprint density at radius 3 is 2.58 bits per heavy atom. The van der Waals surface area contributed by atoms with E-state index in [0.29, 0.717) is 11.6 Å². The van der Waals surface area contributed by atoms with Crippen LogP contribution in [-0.2, 0) is 0 Å². The number of halogens is 3. The highest BCUT2D eigenvalue weighted by Crippen LogP contribution is 2.18. The maximum absolute atomic E-state index is 12.6. The molecule has 0 aliphatic rings. The second-order valence-corrected chi connectivity index (χ2v) is 3.82. The third kappa shape index (κ3) is 3.21. The first-order valence-corrected chi connectivity index (χ1v) is 5.28. The first kappa shape index (κ1) is 15.4. The van der Waals surface area contributed by atoms with E-state index < -0.39 is 6.43 Å². The highest BCUT2D eigenvalue weighted by atomic mass is 35.5. The molecule has 19 heavy (non-hydrogen) atoms. The van der Waals surface area contributed by atoms with Crippen LogP contribution in [0.1, 0.15) is 36.7 Å². The summed E-state index contributed by atoms with van der Waals surface area (Å²) in [5, 5.41) is 4.09. The number of hydrogen-bond acceptors (Lipinski definition) is 5. The van der Waals surface area contributed by atoms with Gasteiger partial charge in [0, 0.05) is 6.07 Å². The summed E-state index contributed by atoms with van der Waals surface area (Å²) in [5.74, 6) is 1.19. The van der Waals surface area contributed by atoms with Gasteiger partial charge in [-0.3, -0.25) is 0 Å². The minimum atomic E-state index is -2.66. The van der Waals surface area contributed by atoms with Crippen LogP contribution in [0.5, 0.6) is 0 Å². The Morgan fingerprint density at radius 1 is 1.32 bits per heavy atom. The van der Waals surface area contributed by atoms with Gasteiger partial charge in [-0.1, -0.05) is 0 Å². The minimum absolute atomic E-state index is 0. The molecule has 2 heterocycles. The Morgan fingerprint density at radius 2 is 2.00 bits per heavy atom. The predicted octanol–water partition coefficient (Wildman–Crippen LogP) is 1.74. The molecule has 2 rings (SSSR count). The molecule has 0 aliphatic heterocycles. The van der Waals surface area contributed by atoms with Gasteiger partial charge in [-0.2, -0.15) is 4.68 Å². The van der Waals surface area contributed by atoms with Gasteiger partial charge in [-0.05, 0) is 13.8 Å². The van der Waals surface area contributed by atoms with Crippen molar-refractivity contribution in [1.29, 1.82) is 0 Å². The molecular weight excluding hydrogens is 278 g/mol. The fourth-order valence-corrected chi connectivity index (χ4v) is 1.49. The lowest BCUT2D eigenvalue weighted by molar-refractivity contribution is 0.146. The molecule has 0 bridgehead atoms. The second kappa shape index (κ2) is 5.98. The molecular formula is C10H13ClF2N6. The third-order valence-electron chi connectivity index (χ3n) is 2.26. The molecule has 0 aliphatic carbocycles. The highest BCUT2D eigenvalue weighted by Gasteiger charge is 2.16. The quantitative estimate of drug-likeness (QED) is 0.931. The van der Waals surface area contributed by atoms with Gasteiger partial charge in [0.05, 0.1) is 6.04 Å². The van der Waals surface area contributed by atoms with E-state index in [9.17, 15) is 8.78 Å². The average molecular weight is 291 g/mol. The molecule has 0 radical (unpaired) electrons. The first-order valence-electron chi connectivity index (χ1n) is 5.28. The molecule has 2 N–H and O–H groups in total. The monoisotopic (exact) mass is 290 g/mol. The lowest BCUT2D eigenvalue weighted by atomic mass is 10.3. The van der Waals surface area contributed by atoms with Crippen molar-refractivity contribution in [3.8, 4) is 5.82 Å². The van der Waals surface area contributed by atoms with Gasteiger partial charge in [0.1, 0.15) is 17.8 Å². The number of aryl methyl sites for hydroxylation is 1. The van der Waals surface area contributed by atoms with Crippen molar-refractivity contribution < 1.29 is 8.78 Å². The van der Waals surface area contributed by atoms with Crippen molar-refractivity contribution >= 4 is 12.4 Å². The smallest absolute Gasteiger partial charge is 0.280 e. The molecule has 0 unspecified atom stereocenters. The zero-order valence-electron chi connectivity index (χ0n) is 10.3. The van der Waals surface area contributed by atoms with Crippen LogP contribution in [-0.4, -0.2) is 24.7 Å². The Hall–Kier alpha value is -1.67. The van der Waals surface area contributed by atoms with Gasteiger partial charge in [-0.25, -0.2) is 23.7 Å². The maximum Gasteiger partial charge on any atom is 0.280 e. The molecule has 0 amide bonds. The van der Waals surface area contributed by atoms with Gasteiger partial charge in [0.25, 0.3) is 6.43 Å². The summed E-state index contributed by atoms with van der Waals surface area (Å²) in [6.07, 6.45) is -1.59. The zero-order valence-corrected chi connectivity index (χ0v) is 11.1. The molecule has 104 valence electrons. The van der Waals surface area contributed by atoms with Crippen molar-refractivity contribution in [1.82, 2.24) is 24.7 Å². The molecule has 0 saturated heterocycles. The van der Waals surface area contributed by atoms with Crippen LogP contribution in [0.2, 0.25) is 0 Å². The van der Waals surface area contributed by atoms with E-state index in [1.165, 1.54) is 10.7 Å². The molecule has 0 aromatic carbocycles. The van der Waals surface area contributed by atoms with E-state index in [4.69, 9.17) is 5.73 Å². The van der Waals surface area contributed by atoms with Crippen molar-refractivity contribution in [2.24, 2.45) is 5.73 Å². The van der Waals surface area contributed by atoms with Crippen molar-refractivity contribution in [3.63, 3.8) is 0 Å². The van der Waals surface area contributed by atoms with Crippen LogP contribution < -0.4 is 5.73 Å². The van der Waals surface area contributed by atoms with Gasteiger partial charge < -0.3 is 5.73 Å². The lowest BCUT2D eigenvalue weighted by Gasteiger charge is -2.08. The molecule has 0 fully saturated rings. The molecule has 2 aromatic heterocycles. The number of nitrogens with zero attached hydrogens (tertiary/aromatic N) is 5. The van der Waals surface area contributed by atoms with Crippen LogP contribution in [0.3, 0.4) is 0 Å². The van der Waals surface area contributed by atoms with Crippen molar-refractivity contribution in [3.05, 3.63) is 29.7 Å². The van der Waals surface area contributed by atoms with E-state index in [0.717, 1.165) is 6.33 Å². The fourth-order valence-electron chi connectivity index (χ4n) is 1.49. The number of rotatable bonds is 3. The van der Waals surface area contributed by atoms with Crippen LogP contribution >= 0.6 is 12.4 Å². The normalized spacial score (nSPS) is 12.3. The number of nitrogens with two attached hydrogens (primary N) is 1. The molecule has 9 heteroatoms. The van der Waals surface area contributed by atoms with Crippen molar-refractivity contribution in [2.75, 3.05) is 0 Å². The molecule has 0 saturated carbocycles. The summed E-state index contributed by atoms with van der Waals surface area (Å²) in [4.78, 5) is 11.5. The second-order valence-electron chi connectivity index (χ2n) is 3.82. The molecule has 2 aromatic rings. The zero-order chi connectivity index (χ0) is 13.3. The third-order valence-corrected chi connectivity index (χ3v) is 2.26. The van der Waals surface area contributed by atoms with Crippen molar-refractivity contribution in [2.45, 2.75) is 26.3 Å². The maximum atomic E-state index is 12.6. The first-order chi connectivity index (χ1) is 8.49. The van der Waals surface area contributed by atoms with E-state index in [1.807, 2.05) is 0 Å². The molecule has 6 nitrogen and oxygen atoms in total. The average Bonchev–Trinajstić information content (AvgIpc) is 2.72. The topological polar surface area (TPSA) is 82.5 Å². The summed E-state index contributed by atoms with van der Waals surface area (Å²) in [6, 6.07) is 0.793. The van der Waals surface area contributed by atoms with E-state index in [2.05, 4.69) is 20.1 Å². The van der Waals surface area contributed by atoms with Crippen LogP contribution in [0, 0.1) is 6.92 Å². The Balaban J connectivity index is 0.00000180. The lowest BCUT2D eigenvalue weighted by Crippen LogP contribution is -2.14. The standard InChI is InChI=1S/C10H12F2N6.ClH/c1-5(13)10-16-6(2)17-18(10)8-3-7(9(11)12)14-4-15-8;/h3-5,9H,13H2,1-2H3;1H/t5-;/m0./s1. The van der Waals surface area contributed by atoms with Crippen LogP contribution in [0.15, 0.2) is 12.4 Å². The van der Waals surface area contributed by atoms with E-state index in [1.54, 1.807) is 13.8 Å². The summed E-state index contributed by atoms with van der Waals surface area (Å²) in [5.41, 5.74) is 5.39. The summed E-state index contributed by atoms with van der Waals surface area (Å²) in [6.45, 7) is 3.42. The van der Waals surface area contributed by atoms with Gasteiger partial charge in [-0.15, -0.1) is 17.5 Å². The molecule has 1 atom stereocenters. The summed E-state index contributed by atoms with van der Waals surface area (Å²) >= 11 is 0. The van der Waals surface area contributed by atoms with Gasteiger partial charge >= 0.3 is 0 Å². The number of aromatic nitrogens is 5. The largest absolute Gasteiger partial charge is 0.322 e. The predicted molar refractivity (Wildman–Crippen MR) is 66.5 cm³/mol. The Labute approximate surface area is 114 Å². The molecule has 0 spiro atoms. The van der Waals surface area contributed by atoms with Crippen LogP contribution in [0.25, 0.3) is 5.82 Å². The minimum Gasteiger partial charge on any atom is -0.322 e. The highest BCUT2D eigenvalue weighted by molar-refractivity contribution is 5.85. The Bertz CT molecular complexity index is 557.